The smallest absolute Gasteiger partial charge is 0.183 e. The zero-order valence-electron chi connectivity index (χ0n) is 8.09. The summed E-state index contributed by atoms with van der Waals surface area (Å²) in [5.41, 5.74) is 2.77. The van der Waals surface area contributed by atoms with E-state index in [-0.39, 0.29) is 0 Å². The number of anilines is 1. The number of rotatable bonds is 1. The van der Waals surface area contributed by atoms with Crippen LogP contribution in [0.2, 0.25) is 0 Å². The Morgan fingerprint density at radius 2 is 1.85 bits per heavy atom. The van der Waals surface area contributed by atoms with E-state index >= 15 is 0 Å². The second kappa shape index (κ2) is 3.90. The van der Waals surface area contributed by atoms with E-state index in [0.717, 1.165) is 26.2 Å². The van der Waals surface area contributed by atoms with Crippen molar-refractivity contribution in [1.29, 1.82) is 0 Å². The minimum absolute atomic E-state index is 1.11. The average molecular weight is 176 g/mol. The Balaban J connectivity index is 2.18. The summed E-state index contributed by atoms with van der Waals surface area (Å²) in [6.45, 7) is 6.65. The monoisotopic (exact) mass is 176 g/mol. The number of hydrogen-bond acceptors (Lipinski definition) is 2. The first-order valence-electron chi connectivity index (χ1n) is 4.89. The number of piperazine rings is 1. The molecule has 1 aliphatic heterocycles. The molecule has 0 spiro atoms. The highest BCUT2D eigenvalue weighted by Gasteiger charge is 2.22. The fourth-order valence-electron chi connectivity index (χ4n) is 1.82. The Morgan fingerprint density at radius 3 is 2.54 bits per heavy atom. The molecule has 0 aromatic heterocycles. The van der Waals surface area contributed by atoms with Crippen molar-refractivity contribution in [1.82, 2.24) is 10.2 Å². The molecule has 0 bridgehead atoms. The van der Waals surface area contributed by atoms with E-state index in [1.165, 1.54) is 11.3 Å². The maximum Gasteiger partial charge on any atom is 0.183 e. The van der Waals surface area contributed by atoms with Gasteiger partial charge >= 0.3 is 0 Å². The molecule has 0 aliphatic carbocycles. The van der Waals surface area contributed by atoms with Crippen LogP contribution < -0.4 is 10.2 Å². The Labute approximate surface area is 79.6 Å². The minimum Gasteiger partial charge on any atom is -0.306 e. The number of para-hydroxylation sites is 1. The van der Waals surface area contributed by atoms with Crippen molar-refractivity contribution in [3.05, 3.63) is 29.8 Å². The van der Waals surface area contributed by atoms with Gasteiger partial charge in [-0.2, -0.15) is 0 Å². The molecule has 0 unspecified atom stereocenters. The van der Waals surface area contributed by atoms with Crippen molar-refractivity contribution < 1.29 is 0 Å². The predicted octanol–water partition coefficient (Wildman–Crippen LogP) is 1.37. The molecule has 13 heavy (non-hydrogen) atoms. The maximum absolute atomic E-state index is 3.36. The molecule has 2 rings (SSSR count). The Morgan fingerprint density at radius 1 is 1.15 bits per heavy atom. The van der Waals surface area contributed by atoms with Crippen LogP contribution in [0, 0.1) is 6.92 Å². The Bertz CT molecular complexity index is 277. The number of aryl methyl sites for hydroxylation is 1. The molecule has 2 heteroatoms. The number of nitrogens with one attached hydrogen (secondary N) is 1. The summed E-state index contributed by atoms with van der Waals surface area (Å²) in [5.74, 6) is 0. The highest BCUT2D eigenvalue weighted by molar-refractivity contribution is 5.46. The first-order valence-corrected chi connectivity index (χ1v) is 4.89. The van der Waals surface area contributed by atoms with Gasteiger partial charge in [-0.3, -0.25) is 0 Å². The van der Waals surface area contributed by atoms with Gasteiger partial charge in [-0.25, -0.2) is 0 Å². The van der Waals surface area contributed by atoms with E-state index in [1.54, 1.807) is 0 Å². The van der Waals surface area contributed by atoms with Gasteiger partial charge in [0.2, 0.25) is 0 Å². The van der Waals surface area contributed by atoms with Gasteiger partial charge in [0.1, 0.15) is 13.1 Å². The second-order valence-corrected chi connectivity index (χ2v) is 3.52. The predicted molar refractivity (Wildman–Crippen MR) is 55.6 cm³/mol. The van der Waals surface area contributed by atoms with Crippen molar-refractivity contribution >= 4 is 5.69 Å². The van der Waals surface area contributed by atoms with Crippen LogP contribution in [-0.2, 0) is 0 Å². The largest absolute Gasteiger partial charge is 0.306 e. The molecule has 2 nitrogen and oxygen atoms in total. The molecule has 0 amide bonds. The van der Waals surface area contributed by atoms with Gasteiger partial charge in [-0.1, -0.05) is 18.2 Å². The van der Waals surface area contributed by atoms with Crippen molar-refractivity contribution in [2.24, 2.45) is 0 Å². The summed E-state index contributed by atoms with van der Waals surface area (Å²) in [5, 5.41) is 3.36. The van der Waals surface area contributed by atoms with Crippen LogP contribution in [0.5, 0.6) is 0 Å². The van der Waals surface area contributed by atoms with E-state index in [2.05, 4.69) is 41.4 Å². The number of hydrogen-bond donors (Lipinski definition) is 1. The van der Waals surface area contributed by atoms with Crippen LogP contribution in [0.4, 0.5) is 5.69 Å². The molecule has 1 radical (unpaired) electrons. The average Bonchev–Trinajstić information content (AvgIpc) is 2.20. The molecule has 1 aliphatic rings. The molecule has 0 saturated carbocycles. The Hall–Kier alpha value is -0.860. The number of nitrogens with zero attached hydrogens (tertiary/aromatic N) is 1. The lowest BCUT2D eigenvalue weighted by atomic mass is 10.1. The van der Waals surface area contributed by atoms with E-state index < -0.39 is 0 Å². The highest BCUT2D eigenvalue weighted by Crippen LogP contribution is 2.18. The van der Waals surface area contributed by atoms with Crippen LogP contribution >= 0.6 is 0 Å². The van der Waals surface area contributed by atoms with Crippen molar-refractivity contribution in [2.45, 2.75) is 6.92 Å². The maximum atomic E-state index is 3.36. The first kappa shape index (κ1) is 8.73. The molecular formula is C11H16N2+. The number of benzene rings is 1. The first-order chi connectivity index (χ1) is 6.38. The van der Waals surface area contributed by atoms with Crippen molar-refractivity contribution in [2.75, 3.05) is 26.2 Å². The summed E-state index contributed by atoms with van der Waals surface area (Å²) in [6, 6.07) is 8.60. The Kier molecular flexibility index (Phi) is 2.62. The lowest BCUT2D eigenvalue weighted by molar-refractivity contribution is 0.438. The van der Waals surface area contributed by atoms with E-state index in [9.17, 15) is 0 Å². The van der Waals surface area contributed by atoms with Gasteiger partial charge in [0.25, 0.3) is 0 Å². The van der Waals surface area contributed by atoms with E-state index in [1.807, 2.05) is 0 Å². The third-order valence-corrected chi connectivity index (χ3v) is 2.57. The molecule has 0 atom stereocenters. The molecule has 1 fully saturated rings. The molecule has 1 aromatic carbocycles. The van der Waals surface area contributed by atoms with Gasteiger partial charge in [-0.15, -0.1) is 4.90 Å². The van der Waals surface area contributed by atoms with Crippen LogP contribution in [-0.4, -0.2) is 26.2 Å². The van der Waals surface area contributed by atoms with Gasteiger partial charge in [0, 0.05) is 11.6 Å². The summed E-state index contributed by atoms with van der Waals surface area (Å²) >= 11 is 0. The van der Waals surface area contributed by atoms with Crippen molar-refractivity contribution in [3.8, 4) is 0 Å². The minimum atomic E-state index is 1.11. The molecule has 1 aromatic rings. The van der Waals surface area contributed by atoms with Crippen LogP contribution in [0.25, 0.3) is 0 Å². The summed E-state index contributed by atoms with van der Waals surface area (Å²) in [7, 11) is 0. The lowest BCUT2D eigenvalue weighted by Gasteiger charge is -2.18. The zero-order valence-corrected chi connectivity index (χ0v) is 8.09. The van der Waals surface area contributed by atoms with E-state index in [4.69, 9.17) is 0 Å². The van der Waals surface area contributed by atoms with Gasteiger partial charge in [0.15, 0.2) is 5.69 Å². The normalized spacial score (nSPS) is 18.8. The second-order valence-electron chi connectivity index (χ2n) is 3.52. The fourth-order valence-corrected chi connectivity index (χ4v) is 1.82. The van der Waals surface area contributed by atoms with Crippen LogP contribution in [0.1, 0.15) is 5.56 Å². The molecular weight excluding hydrogens is 160 g/mol. The summed E-state index contributed by atoms with van der Waals surface area (Å²) < 4.78 is 0. The molecule has 1 heterocycles. The van der Waals surface area contributed by atoms with Gasteiger partial charge in [-0.05, 0) is 6.92 Å². The van der Waals surface area contributed by atoms with Crippen LogP contribution in [0.15, 0.2) is 24.3 Å². The summed E-state index contributed by atoms with van der Waals surface area (Å²) in [6.07, 6.45) is 0. The lowest BCUT2D eigenvalue weighted by Crippen LogP contribution is -2.44. The van der Waals surface area contributed by atoms with E-state index in [0.29, 0.717) is 0 Å². The highest BCUT2D eigenvalue weighted by atomic mass is 15.2. The van der Waals surface area contributed by atoms with Gasteiger partial charge in [0.05, 0.1) is 13.1 Å². The summed E-state index contributed by atoms with van der Waals surface area (Å²) in [4.78, 5) is 2.45. The molecule has 1 saturated heterocycles. The standard InChI is InChI=1S/C11H16N2/c1-10-4-2-3-5-11(10)13-8-6-12-7-9-13/h2-5,12H,6-9H2,1H3/q+1. The van der Waals surface area contributed by atoms with Gasteiger partial charge < -0.3 is 5.32 Å². The van der Waals surface area contributed by atoms with Crippen LogP contribution in [0.3, 0.4) is 0 Å². The third-order valence-electron chi connectivity index (χ3n) is 2.57. The molecule has 69 valence electrons. The zero-order chi connectivity index (χ0) is 9.10. The fraction of sp³-hybridized carbons (Fsp3) is 0.455. The molecule has 1 N–H and O–H groups in total. The third kappa shape index (κ3) is 1.90. The SMILES string of the molecule is Cc1ccccc1[N+]1CCNCC1. The quantitative estimate of drug-likeness (QED) is 0.640. The topological polar surface area (TPSA) is 17.9 Å². The van der Waals surface area contributed by atoms with Crippen molar-refractivity contribution in [3.63, 3.8) is 0 Å².